The van der Waals surface area contributed by atoms with Crippen LogP contribution in [0.5, 0.6) is 0 Å². The van der Waals surface area contributed by atoms with Gasteiger partial charge in [0.2, 0.25) is 0 Å². The Balaban J connectivity index is 0.00000216. The molecule has 0 fully saturated rings. The molecule has 1 atom stereocenters. The molecule has 0 amide bonds. The van der Waals surface area contributed by atoms with Crippen LogP contribution in [0, 0.1) is 41.5 Å². The number of benzene rings is 3. The van der Waals surface area contributed by atoms with Gasteiger partial charge in [-0.2, -0.15) is 0 Å². The van der Waals surface area contributed by atoms with E-state index in [0.717, 1.165) is 6.42 Å². The summed E-state index contributed by atoms with van der Waals surface area (Å²) >= 11 is 2.43. The normalized spacial score (nSPS) is 16.5. The van der Waals surface area contributed by atoms with Crippen LogP contribution in [0.25, 0.3) is 0 Å². The monoisotopic (exact) mass is 572 g/mol. The predicted octanol–water partition coefficient (Wildman–Crippen LogP) is -0.505. The average molecular weight is 574 g/mol. The van der Waals surface area contributed by atoms with Gasteiger partial charge in [0.15, 0.2) is 0 Å². The van der Waals surface area contributed by atoms with E-state index in [9.17, 15) is 0 Å². The van der Waals surface area contributed by atoms with E-state index in [1.54, 1.807) is 0 Å². The number of allylic oxidation sites excluding steroid dienone is 4. The molecular formula is C32H35Cl3Ti. The van der Waals surface area contributed by atoms with Crippen molar-refractivity contribution in [1.29, 1.82) is 0 Å². The summed E-state index contributed by atoms with van der Waals surface area (Å²) in [4.78, 5) is 0. The fraction of sp³-hybridized carbons (Fsp3) is 0.312. The zero-order valence-electron chi connectivity index (χ0n) is 22.3. The summed E-state index contributed by atoms with van der Waals surface area (Å²) in [5.41, 5.74) is 13.1. The van der Waals surface area contributed by atoms with E-state index in [-0.39, 0.29) is 46.4 Å². The van der Waals surface area contributed by atoms with Crippen LogP contribution >= 0.6 is 0 Å². The third-order valence-electron chi connectivity index (χ3n) is 6.97. The summed E-state index contributed by atoms with van der Waals surface area (Å²) in [5, 5.41) is 0. The predicted molar refractivity (Wildman–Crippen MR) is 138 cm³/mol. The maximum atomic E-state index is 2.53. The first kappa shape index (κ1) is 32.8. The number of hydrogen-bond acceptors (Lipinski definition) is 0. The molecule has 188 valence electrons. The third-order valence-corrected chi connectivity index (χ3v) is 8.04. The number of aryl methyl sites for hydroxylation is 6. The Labute approximate surface area is 248 Å². The molecule has 0 saturated heterocycles. The van der Waals surface area contributed by atoms with Crippen molar-refractivity contribution in [2.45, 2.75) is 64.0 Å². The zero-order valence-corrected chi connectivity index (χ0v) is 26.1. The molecule has 0 heterocycles. The average Bonchev–Trinajstić information content (AvgIpc) is 3.08. The molecule has 1 unspecified atom stereocenters. The molecule has 36 heavy (non-hydrogen) atoms. The second-order valence-corrected chi connectivity index (χ2v) is 11.4. The summed E-state index contributed by atoms with van der Waals surface area (Å²) in [5.74, 6) is 0. The van der Waals surface area contributed by atoms with E-state index in [4.69, 9.17) is 0 Å². The molecule has 1 aliphatic carbocycles. The van der Waals surface area contributed by atoms with E-state index in [2.05, 4.69) is 142 Å². The van der Waals surface area contributed by atoms with Gasteiger partial charge in [-0.25, -0.2) is 0 Å². The van der Waals surface area contributed by atoms with E-state index < -0.39 is 0 Å². The van der Waals surface area contributed by atoms with Gasteiger partial charge in [-0.3, -0.25) is 0 Å². The first-order valence-corrected chi connectivity index (χ1v) is 12.8. The zero-order chi connectivity index (χ0) is 24.0. The van der Waals surface area contributed by atoms with Gasteiger partial charge < -0.3 is 37.2 Å². The van der Waals surface area contributed by atoms with Crippen LogP contribution in [0.4, 0.5) is 0 Å². The van der Waals surface area contributed by atoms with Gasteiger partial charge in [0, 0.05) is 0 Å². The molecule has 0 radical (unpaired) electrons. The second-order valence-electron chi connectivity index (χ2n) is 10.2. The molecule has 0 N–H and O–H groups in total. The SMILES string of the molecule is CCC1=C[C]([Ti+3])(C(c2cc(C)cc(C)c2)(c2cc(C)cc(C)c2)c2cc(C)cc(C)c2)C=C1.[Cl-].[Cl-].[Cl-]. The fourth-order valence-corrected chi connectivity index (χ4v) is 6.97. The molecule has 3 aromatic carbocycles. The smallest absolute Gasteiger partial charge is 1.00 e. The molecule has 1 aliphatic rings. The van der Waals surface area contributed by atoms with E-state index in [0.29, 0.717) is 0 Å². The molecule has 3 aromatic rings. The summed E-state index contributed by atoms with van der Waals surface area (Å²) in [6.07, 6.45) is 8.39. The van der Waals surface area contributed by atoms with E-state index in [1.165, 1.54) is 55.6 Å². The van der Waals surface area contributed by atoms with Crippen LogP contribution in [-0.2, 0) is 25.9 Å². The first-order chi connectivity index (χ1) is 15.6. The van der Waals surface area contributed by atoms with Gasteiger partial charge in [-0.05, 0) is 0 Å². The number of rotatable bonds is 5. The van der Waals surface area contributed by atoms with Crippen molar-refractivity contribution in [3.63, 3.8) is 0 Å². The van der Waals surface area contributed by atoms with Crippen LogP contribution in [-0.4, -0.2) is 0 Å². The van der Waals surface area contributed by atoms with Crippen LogP contribution in [0.2, 0.25) is 3.72 Å². The molecule has 0 bridgehead atoms. The molecule has 0 saturated carbocycles. The Kier molecular flexibility index (Phi) is 11.4. The van der Waals surface area contributed by atoms with Gasteiger partial charge in [0.1, 0.15) is 0 Å². The maximum absolute atomic E-state index is 2.53. The number of halogens is 3. The molecule has 0 aromatic heterocycles. The van der Waals surface area contributed by atoms with Gasteiger partial charge in [0.25, 0.3) is 0 Å². The van der Waals surface area contributed by atoms with Crippen molar-refractivity contribution in [1.82, 2.24) is 0 Å². The fourth-order valence-electron chi connectivity index (χ4n) is 5.87. The van der Waals surface area contributed by atoms with Crippen LogP contribution in [0.15, 0.2) is 78.4 Å². The van der Waals surface area contributed by atoms with Gasteiger partial charge in [0.05, 0.1) is 0 Å². The van der Waals surface area contributed by atoms with Crippen molar-refractivity contribution in [2.24, 2.45) is 0 Å². The van der Waals surface area contributed by atoms with E-state index in [1.807, 2.05) is 0 Å². The quantitative estimate of drug-likeness (QED) is 0.285. The van der Waals surface area contributed by atoms with Crippen LogP contribution in [0.3, 0.4) is 0 Å². The Morgan fingerprint density at radius 1 is 0.583 bits per heavy atom. The van der Waals surface area contributed by atoms with Gasteiger partial charge >= 0.3 is 213 Å². The van der Waals surface area contributed by atoms with Gasteiger partial charge in [-0.1, -0.05) is 0 Å². The maximum Gasteiger partial charge on any atom is -1.00 e. The summed E-state index contributed by atoms with van der Waals surface area (Å²) in [7, 11) is 0. The van der Waals surface area contributed by atoms with Crippen molar-refractivity contribution in [2.75, 3.05) is 0 Å². The standard InChI is InChI=1S/C32H35.3ClH.Ti/c1-8-27-9-10-28(20-27)32(29-14-21(2)11-22(3)15-29,30-16-23(4)12-24(5)17-30)31-18-25(6)13-26(7)19-31;;;;/h9-20H,8H2,1-7H3;3*1H;/q;;;;+3/p-3. The third kappa shape index (κ3) is 5.90. The first-order valence-electron chi connectivity index (χ1n) is 12.0. The summed E-state index contributed by atoms with van der Waals surface area (Å²) in [6, 6.07) is 21.4. The molecule has 0 aliphatic heterocycles. The van der Waals surface area contributed by atoms with Crippen molar-refractivity contribution >= 4 is 0 Å². The molecule has 0 spiro atoms. The van der Waals surface area contributed by atoms with Gasteiger partial charge in [-0.15, -0.1) is 0 Å². The summed E-state index contributed by atoms with van der Waals surface area (Å²) < 4.78 is -0.195. The Hall–Kier alpha value is -1.28. The Bertz CT molecular complexity index is 1100. The Morgan fingerprint density at radius 3 is 1.14 bits per heavy atom. The largest absolute Gasteiger partial charge is 1.00 e. The molecular weight excluding hydrogens is 539 g/mol. The second kappa shape index (κ2) is 12.5. The molecule has 4 heteroatoms. The topological polar surface area (TPSA) is 0 Å². The molecule has 4 rings (SSSR count). The van der Waals surface area contributed by atoms with Crippen LogP contribution < -0.4 is 37.2 Å². The van der Waals surface area contributed by atoms with Crippen LogP contribution in [0.1, 0.15) is 63.4 Å². The van der Waals surface area contributed by atoms with Crippen molar-refractivity contribution < 1.29 is 57.7 Å². The minimum atomic E-state index is -0.343. The van der Waals surface area contributed by atoms with E-state index >= 15 is 0 Å². The Morgan fingerprint density at radius 2 is 0.889 bits per heavy atom. The minimum absolute atomic E-state index is 0. The number of hydrogen-bond donors (Lipinski definition) is 0. The van der Waals surface area contributed by atoms with Crippen molar-refractivity contribution in [3.8, 4) is 0 Å². The molecule has 0 nitrogen and oxygen atoms in total. The summed E-state index contributed by atoms with van der Waals surface area (Å²) in [6.45, 7) is 15.6. The van der Waals surface area contributed by atoms with Crippen molar-refractivity contribution in [3.05, 3.63) is 128 Å². The minimum Gasteiger partial charge on any atom is -1.00 e.